The van der Waals surface area contributed by atoms with Gasteiger partial charge >= 0.3 is 0 Å². The van der Waals surface area contributed by atoms with Crippen LogP contribution in [-0.4, -0.2) is 9.97 Å². The molecule has 1 heterocycles. The van der Waals surface area contributed by atoms with Gasteiger partial charge in [-0.3, -0.25) is 0 Å². The number of hydrogen-bond donors (Lipinski definition) is 1. The maximum Gasteiger partial charge on any atom is 0 e. The zero-order valence-corrected chi connectivity index (χ0v) is 9.12. The van der Waals surface area contributed by atoms with E-state index in [0.717, 1.165) is 5.69 Å². The van der Waals surface area contributed by atoms with E-state index in [0.29, 0.717) is 0 Å². The molecule has 1 radical (unpaired) electrons. The molecular weight excluding hydrogens is 298 g/mol. The Kier molecular flexibility index (Phi) is 3.28. The average molecular weight is 309 g/mol. The Hall–Kier alpha value is -0.128. The van der Waals surface area contributed by atoms with Crippen molar-refractivity contribution in [2.75, 3.05) is 0 Å². The first kappa shape index (κ1) is 9.87. The largest absolute Gasteiger partial charge is 0.467 e. The van der Waals surface area contributed by atoms with Crippen LogP contribution in [0.25, 0.3) is 0 Å². The minimum atomic E-state index is 0. The molecule has 0 bridgehead atoms. The topological polar surface area (TPSA) is 28.7 Å². The summed E-state index contributed by atoms with van der Waals surface area (Å²) in [5, 5.41) is 0. The van der Waals surface area contributed by atoms with Crippen LogP contribution in [0.5, 0.6) is 0 Å². The molecule has 1 N–H and O–H groups in total. The van der Waals surface area contributed by atoms with Crippen molar-refractivity contribution in [2.45, 2.75) is 26.2 Å². The first-order chi connectivity index (χ1) is 4.11. The summed E-state index contributed by atoms with van der Waals surface area (Å²) in [6, 6.07) is 0. The quantitative estimate of drug-likeness (QED) is 0.723. The summed E-state index contributed by atoms with van der Waals surface area (Å²) < 4.78 is 0. The van der Waals surface area contributed by atoms with Crippen LogP contribution in [0.3, 0.4) is 0 Å². The van der Waals surface area contributed by atoms with E-state index < -0.39 is 0 Å². The second-order valence-electron chi connectivity index (χ2n) is 3.15. The molecule has 0 amide bonds. The molecule has 1 aromatic rings. The van der Waals surface area contributed by atoms with Gasteiger partial charge in [-0.2, -0.15) is 0 Å². The van der Waals surface area contributed by atoms with E-state index in [2.05, 4.69) is 37.1 Å². The summed E-state index contributed by atoms with van der Waals surface area (Å²) in [6.07, 6.45) is 4.54. The fraction of sp³-hybridized carbons (Fsp3) is 0.571. The summed E-state index contributed by atoms with van der Waals surface area (Å²) in [5.74, 6) is 0. The van der Waals surface area contributed by atoms with Gasteiger partial charge in [-0.15, -0.1) is 6.20 Å². The van der Waals surface area contributed by atoms with Crippen LogP contribution in [0.15, 0.2) is 6.20 Å². The minimum Gasteiger partial charge on any atom is -0.467 e. The SMILES string of the molecule is CC(C)(C)c1c[nH][c-]n1.[Re]. The third-order valence-corrected chi connectivity index (χ3v) is 1.22. The van der Waals surface area contributed by atoms with Gasteiger partial charge in [-0.1, -0.05) is 31.9 Å². The molecule has 2 nitrogen and oxygen atoms in total. The number of hydrogen-bond acceptors (Lipinski definition) is 1. The van der Waals surface area contributed by atoms with Crippen LogP contribution in [0.2, 0.25) is 0 Å². The minimum absolute atomic E-state index is 0. The van der Waals surface area contributed by atoms with Gasteiger partial charge in [0.25, 0.3) is 0 Å². The standard InChI is InChI=1S/C7H11N2.Re/c1-7(2,3)6-4-8-5-9-6;/h4H,1-3H3,(H,8,9);/q-1;. The van der Waals surface area contributed by atoms with Gasteiger partial charge in [-0.25, -0.2) is 0 Å². The molecule has 0 saturated heterocycles. The monoisotopic (exact) mass is 310 g/mol. The number of H-pyrrole nitrogens is 1. The molecule has 1 rings (SSSR count). The van der Waals surface area contributed by atoms with E-state index in [-0.39, 0.29) is 25.8 Å². The normalized spacial score (nSPS) is 10.7. The van der Waals surface area contributed by atoms with Crippen LogP contribution in [0.1, 0.15) is 26.5 Å². The van der Waals surface area contributed by atoms with Gasteiger partial charge in [-0.05, 0) is 6.33 Å². The number of imidazole rings is 1. The molecule has 0 unspecified atom stereocenters. The van der Waals surface area contributed by atoms with E-state index in [1.165, 1.54) is 0 Å². The van der Waals surface area contributed by atoms with Crippen molar-refractivity contribution in [1.29, 1.82) is 0 Å². The Morgan fingerprint density at radius 3 is 2.30 bits per heavy atom. The van der Waals surface area contributed by atoms with Crippen molar-refractivity contribution in [3.63, 3.8) is 0 Å². The first-order valence-corrected chi connectivity index (χ1v) is 3.02. The molecule has 57 valence electrons. The van der Waals surface area contributed by atoms with Crippen molar-refractivity contribution >= 4 is 0 Å². The number of rotatable bonds is 0. The average Bonchev–Trinajstić information content (AvgIpc) is 2.08. The molecule has 1 aromatic heterocycles. The predicted molar refractivity (Wildman–Crippen MR) is 36.1 cm³/mol. The Balaban J connectivity index is 0.000000810. The number of nitrogens with one attached hydrogen (secondary N) is 1. The third-order valence-electron chi connectivity index (χ3n) is 1.22. The zero-order chi connectivity index (χ0) is 6.91. The van der Waals surface area contributed by atoms with Crippen LogP contribution < -0.4 is 0 Å². The summed E-state index contributed by atoms with van der Waals surface area (Å²) >= 11 is 0. The van der Waals surface area contributed by atoms with Crippen molar-refractivity contribution < 1.29 is 20.4 Å². The molecular formula is C7H11N2Re-. The van der Waals surface area contributed by atoms with Crippen molar-refractivity contribution in [1.82, 2.24) is 9.97 Å². The Morgan fingerprint density at radius 1 is 1.50 bits per heavy atom. The molecule has 3 heteroatoms. The molecule has 0 aliphatic rings. The molecule has 0 atom stereocenters. The summed E-state index contributed by atoms with van der Waals surface area (Å²) in [4.78, 5) is 6.81. The van der Waals surface area contributed by atoms with Gasteiger partial charge in [0, 0.05) is 20.4 Å². The molecule has 0 fully saturated rings. The number of nitrogens with zero attached hydrogens (tertiary/aromatic N) is 1. The summed E-state index contributed by atoms with van der Waals surface area (Å²) in [6.45, 7) is 6.37. The van der Waals surface area contributed by atoms with Gasteiger partial charge < -0.3 is 9.97 Å². The Labute approximate surface area is 75.1 Å². The third kappa shape index (κ3) is 2.24. The van der Waals surface area contributed by atoms with E-state index in [1.54, 1.807) is 0 Å². The van der Waals surface area contributed by atoms with E-state index in [4.69, 9.17) is 0 Å². The van der Waals surface area contributed by atoms with Gasteiger partial charge in [0.2, 0.25) is 0 Å². The first-order valence-electron chi connectivity index (χ1n) is 3.02. The molecule has 0 saturated carbocycles. The van der Waals surface area contributed by atoms with Crippen molar-refractivity contribution in [2.24, 2.45) is 0 Å². The van der Waals surface area contributed by atoms with Crippen LogP contribution in [-0.2, 0) is 25.8 Å². The number of aromatic nitrogens is 2. The van der Waals surface area contributed by atoms with Gasteiger partial charge in [0.05, 0.1) is 0 Å². The zero-order valence-electron chi connectivity index (χ0n) is 6.40. The predicted octanol–water partition coefficient (Wildman–Crippen LogP) is 1.50. The van der Waals surface area contributed by atoms with E-state index in [9.17, 15) is 0 Å². The van der Waals surface area contributed by atoms with Crippen LogP contribution in [0, 0.1) is 6.33 Å². The molecule has 10 heavy (non-hydrogen) atoms. The molecule has 0 aliphatic carbocycles. The second kappa shape index (κ2) is 3.32. The van der Waals surface area contributed by atoms with Crippen molar-refractivity contribution in [3.8, 4) is 0 Å². The van der Waals surface area contributed by atoms with Gasteiger partial charge in [0.1, 0.15) is 0 Å². The van der Waals surface area contributed by atoms with Crippen LogP contribution in [0.4, 0.5) is 0 Å². The van der Waals surface area contributed by atoms with Gasteiger partial charge in [0.15, 0.2) is 0 Å². The smallest absolute Gasteiger partial charge is 0 e. The fourth-order valence-electron chi connectivity index (χ4n) is 0.610. The molecule has 0 aliphatic heterocycles. The molecule has 0 spiro atoms. The fourth-order valence-corrected chi connectivity index (χ4v) is 0.610. The molecule has 0 aromatic carbocycles. The maximum atomic E-state index is 4.01. The number of aromatic amines is 1. The van der Waals surface area contributed by atoms with Crippen LogP contribution >= 0.6 is 0 Å². The van der Waals surface area contributed by atoms with E-state index >= 15 is 0 Å². The second-order valence-corrected chi connectivity index (χ2v) is 3.15. The Morgan fingerprint density at radius 2 is 2.10 bits per heavy atom. The van der Waals surface area contributed by atoms with E-state index in [1.807, 2.05) is 6.20 Å². The van der Waals surface area contributed by atoms with Crippen molar-refractivity contribution in [3.05, 3.63) is 18.2 Å². The summed E-state index contributed by atoms with van der Waals surface area (Å²) in [7, 11) is 0. The Bertz CT molecular complexity index is 174. The maximum absolute atomic E-state index is 4.01. The summed E-state index contributed by atoms with van der Waals surface area (Å²) in [5.41, 5.74) is 1.21.